The van der Waals surface area contributed by atoms with Crippen molar-refractivity contribution in [2.75, 3.05) is 7.11 Å². The SMILES string of the molecule is COc1cc2[nH]c(=O)c(C(C)C)cc2cc1C(F)(F)F. The molecule has 0 amide bonds. The van der Waals surface area contributed by atoms with E-state index < -0.39 is 11.7 Å². The van der Waals surface area contributed by atoms with E-state index in [1.165, 1.54) is 12.1 Å². The molecule has 0 aliphatic heterocycles. The molecule has 0 aliphatic carbocycles. The molecular weight excluding hydrogens is 271 g/mol. The number of hydrogen-bond acceptors (Lipinski definition) is 2. The van der Waals surface area contributed by atoms with Gasteiger partial charge in [0.15, 0.2) is 0 Å². The van der Waals surface area contributed by atoms with Gasteiger partial charge in [0.2, 0.25) is 0 Å². The molecule has 108 valence electrons. The fourth-order valence-electron chi connectivity index (χ4n) is 2.07. The number of aromatic amines is 1. The Morgan fingerprint density at radius 3 is 2.35 bits per heavy atom. The van der Waals surface area contributed by atoms with Crippen LogP contribution in [0, 0.1) is 0 Å². The number of halogens is 3. The molecule has 0 saturated heterocycles. The summed E-state index contributed by atoms with van der Waals surface area (Å²) in [5.74, 6) is -0.377. The van der Waals surface area contributed by atoms with Gasteiger partial charge in [-0.25, -0.2) is 0 Å². The highest BCUT2D eigenvalue weighted by atomic mass is 19.4. The Hall–Kier alpha value is -1.98. The minimum atomic E-state index is -4.51. The second-order valence-electron chi connectivity index (χ2n) is 4.85. The molecule has 1 N–H and O–H groups in total. The summed E-state index contributed by atoms with van der Waals surface area (Å²) in [7, 11) is 1.16. The molecule has 0 spiro atoms. The van der Waals surface area contributed by atoms with Crippen LogP contribution in [0.3, 0.4) is 0 Å². The number of aromatic nitrogens is 1. The van der Waals surface area contributed by atoms with Crippen LogP contribution in [0.1, 0.15) is 30.9 Å². The fraction of sp³-hybridized carbons (Fsp3) is 0.357. The quantitative estimate of drug-likeness (QED) is 0.914. The average Bonchev–Trinajstić information content (AvgIpc) is 2.34. The van der Waals surface area contributed by atoms with Crippen LogP contribution in [-0.2, 0) is 6.18 Å². The zero-order valence-corrected chi connectivity index (χ0v) is 11.3. The van der Waals surface area contributed by atoms with Crippen LogP contribution in [0.4, 0.5) is 13.2 Å². The van der Waals surface area contributed by atoms with Crippen molar-refractivity contribution in [2.24, 2.45) is 0 Å². The van der Waals surface area contributed by atoms with Gasteiger partial charge in [0.05, 0.1) is 18.2 Å². The molecule has 20 heavy (non-hydrogen) atoms. The number of nitrogens with one attached hydrogen (secondary N) is 1. The van der Waals surface area contributed by atoms with Crippen molar-refractivity contribution in [3.63, 3.8) is 0 Å². The number of pyridine rings is 1. The summed E-state index contributed by atoms with van der Waals surface area (Å²) in [6, 6.07) is 3.69. The van der Waals surface area contributed by atoms with Crippen LogP contribution in [0.5, 0.6) is 5.75 Å². The molecular formula is C14H14F3NO2. The zero-order valence-electron chi connectivity index (χ0n) is 11.3. The normalized spacial score (nSPS) is 12.2. The van der Waals surface area contributed by atoms with E-state index in [4.69, 9.17) is 4.74 Å². The van der Waals surface area contributed by atoms with Gasteiger partial charge in [-0.2, -0.15) is 13.2 Å². The Morgan fingerprint density at radius 1 is 1.20 bits per heavy atom. The van der Waals surface area contributed by atoms with Crippen LogP contribution in [0.25, 0.3) is 10.9 Å². The summed E-state index contributed by atoms with van der Waals surface area (Å²) in [6.45, 7) is 3.62. The van der Waals surface area contributed by atoms with Crippen molar-refractivity contribution in [1.82, 2.24) is 4.98 Å². The van der Waals surface area contributed by atoms with E-state index in [9.17, 15) is 18.0 Å². The van der Waals surface area contributed by atoms with E-state index in [1.54, 1.807) is 0 Å². The molecule has 2 rings (SSSR count). The molecule has 0 unspecified atom stereocenters. The van der Waals surface area contributed by atoms with Gasteiger partial charge in [-0.1, -0.05) is 13.8 Å². The van der Waals surface area contributed by atoms with Gasteiger partial charge in [0.1, 0.15) is 5.75 Å². The minimum absolute atomic E-state index is 0.0698. The summed E-state index contributed by atoms with van der Waals surface area (Å²) in [4.78, 5) is 14.4. The first-order chi connectivity index (χ1) is 9.24. The third kappa shape index (κ3) is 2.50. The van der Waals surface area contributed by atoms with Crippen LogP contribution in [0.2, 0.25) is 0 Å². The maximum absolute atomic E-state index is 12.9. The second kappa shape index (κ2) is 4.85. The standard InChI is InChI=1S/C14H14F3NO2/c1-7(2)9-4-8-5-10(14(15,16)17)12(20-3)6-11(8)18-13(9)19/h4-7H,1-3H3,(H,18,19). The highest BCUT2D eigenvalue weighted by molar-refractivity contribution is 5.82. The van der Waals surface area contributed by atoms with Gasteiger partial charge < -0.3 is 9.72 Å². The van der Waals surface area contributed by atoms with Crippen LogP contribution in [-0.4, -0.2) is 12.1 Å². The summed E-state index contributed by atoms with van der Waals surface area (Å²) < 4.78 is 43.6. The molecule has 0 saturated carbocycles. The lowest BCUT2D eigenvalue weighted by Crippen LogP contribution is -2.14. The molecule has 0 radical (unpaired) electrons. The van der Waals surface area contributed by atoms with E-state index >= 15 is 0 Å². The minimum Gasteiger partial charge on any atom is -0.496 e. The number of hydrogen-bond donors (Lipinski definition) is 1. The Labute approximate surface area is 113 Å². The number of methoxy groups -OCH3 is 1. The second-order valence-corrected chi connectivity index (χ2v) is 4.85. The third-order valence-corrected chi connectivity index (χ3v) is 3.12. The predicted octanol–water partition coefficient (Wildman–Crippen LogP) is 3.68. The van der Waals surface area contributed by atoms with Crippen molar-refractivity contribution in [1.29, 1.82) is 0 Å². The van der Waals surface area contributed by atoms with Gasteiger partial charge in [0, 0.05) is 11.6 Å². The van der Waals surface area contributed by atoms with Crippen LogP contribution >= 0.6 is 0 Å². The Bertz CT molecular complexity index is 702. The van der Waals surface area contributed by atoms with Crippen molar-refractivity contribution in [3.05, 3.63) is 39.7 Å². The topological polar surface area (TPSA) is 42.1 Å². The van der Waals surface area contributed by atoms with E-state index in [0.717, 1.165) is 13.2 Å². The van der Waals surface area contributed by atoms with Gasteiger partial charge in [0.25, 0.3) is 5.56 Å². The Balaban J connectivity index is 2.79. The van der Waals surface area contributed by atoms with Gasteiger partial charge in [-0.05, 0) is 23.4 Å². The predicted molar refractivity (Wildman–Crippen MR) is 70.2 cm³/mol. The lowest BCUT2D eigenvalue weighted by atomic mass is 10.0. The molecule has 3 nitrogen and oxygen atoms in total. The zero-order chi connectivity index (χ0) is 15.1. The fourth-order valence-corrected chi connectivity index (χ4v) is 2.07. The molecule has 1 heterocycles. The van der Waals surface area contributed by atoms with Gasteiger partial charge in [-0.15, -0.1) is 0 Å². The van der Waals surface area contributed by atoms with E-state index in [2.05, 4.69) is 4.98 Å². The number of rotatable bonds is 2. The average molecular weight is 285 g/mol. The lowest BCUT2D eigenvalue weighted by molar-refractivity contribution is -0.138. The van der Waals surface area contributed by atoms with Crippen molar-refractivity contribution < 1.29 is 17.9 Å². The summed E-state index contributed by atoms with van der Waals surface area (Å²) >= 11 is 0. The molecule has 6 heteroatoms. The van der Waals surface area contributed by atoms with Gasteiger partial charge in [-0.3, -0.25) is 4.79 Å². The van der Waals surface area contributed by atoms with E-state index in [0.29, 0.717) is 16.5 Å². The largest absolute Gasteiger partial charge is 0.496 e. The van der Waals surface area contributed by atoms with Crippen molar-refractivity contribution >= 4 is 10.9 Å². The van der Waals surface area contributed by atoms with E-state index in [-0.39, 0.29) is 17.2 Å². The number of alkyl halides is 3. The molecule has 0 atom stereocenters. The molecule has 0 fully saturated rings. The number of fused-ring (bicyclic) bond motifs is 1. The smallest absolute Gasteiger partial charge is 0.419 e. The highest BCUT2D eigenvalue weighted by Crippen LogP contribution is 2.38. The Morgan fingerprint density at radius 2 is 1.85 bits per heavy atom. The monoisotopic (exact) mass is 285 g/mol. The molecule has 1 aromatic heterocycles. The Kier molecular flexibility index (Phi) is 3.50. The van der Waals surface area contributed by atoms with Crippen molar-refractivity contribution in [3.8, 4) is 5.75 Å². The maximum Gasteiger partial charge on any atom is 0.419 e. The first-order valence-electron chi connectivity index (χ1n) is 6.06. The third-order valence-electron chi connectivity index (χ3n) is 3.12. The van der Waals surface area contributed by atoms with Crippen LogP contribution in [0.15, 0.2) is 23.0 Å². The van der Waals surface area contributed by atoms with E-state index in [1.807, 2.05) is 13.8 Å². The molecule has 2 aromatic rings. The number of H-pyrrole nitrogens is 1. The number of ether oxygens (including phenoxy) is 1. The number of benzene rings is 1. The molecule has 1 aromatic carbocycles. The van der Waals surface area contributed by atoms with Crippen LogP contribution < -0.4 is 10.3 Å². The summed E-state index contributed by atoms with van der Waals surface area (Å²) in [5.41, 5.74) is -0.372. The molecule has 0 bridgehead atoms. The maximum atomic E-state index is 12.9. The van der Waals surface area contributed by atoms with Gasteiger partial charge >= 0.3 is 6.18 Å². The summed E-state index contributed by atoms with van der Waals surface area (Å²) in [6.07, 6.45) is -4.51. The van der Waals surface area contributed by atoms with Crippen molar-refractivity contribution in [2.45, 2.75) is 25.9 Å². The lowest BCUT2D eigenvalue weighted by Gasteiger charge is -2.14. The summed E-state index contributed by atoms with van der Waals surface area (Å²) in [5, 5.41) is 0.335. The molecule has 0 aliphatic rings. The first kappa shape index (κ1) is 14.4. The first-order valence-corrected chi connectivity index (χ1v) is 6.06. The highest BCUT2D eigenvalue weighted by Gasteiger charge is 2.34.